The normalized spacial score (nSPS) is 11.9. The molecule has 0 N–H and O–H groups in total. The second-order valence-corrected chi connectivity index (χ2v) is 11.8. The Bertz CT molecular complexity index is 1540. The van der Waals surface area contributed by atoms with Crippen molar-refractivity contribution < 1.29 is 56.8 Å². The Labute approximate surface area is 305 Å². The second-order valence-electron chi connectivity index (χ2n) is 11.8. The molecular formula is C40H48O12. The second kappa shape index (κ2) is 16.2. The third kappa shape index (κ3) is 6.42. The molecule has 12 heteroatoms. The lowest BCUT2D eigenvalue weighted by Crippen LogP contribution is -2.11. The van der Waals surface area contributed by atoms with E-state index in [4.69, 9.17) is 56.8 Å². The minimum Gasteiger partial charge on any atom is -0.496 e. The van der Waals surface area contributed by atoms with Crippen LogP contribution in [0.1, 0.15) is 44.5 Å². The maximum absolute atomic E-state index is 6.24. The maximum atomic E-state index is 6.24. The monoisotopic (exact) mass is 720 g/mol. The molecule has 8 bridgehead atoms. The first-order chi connectivity index (χ1) is 25.2. The molecule has 0 aliphatic heterocycles. The highest BCUT2D eigenvalue weighted by Crippen LogP contribution is 2.52. The average molecular weight is 721 g/mol. The minimum atomic E-state index is 0.289. The maximum Gasteiger partial charge on any atom is 0.133 e. The van der Waals surface area contributed by atoms with E-state index >= 15 is 0 Å². The summed E-state index contributed by atoms with van der Waals surface area (Å²) in [6.45, 7) is 0. The number of hydrogen-bond donors (Lipinski definition) is 0. The van der Waals surface area contributed by atoms with Gasteiger partial charge in [-0.3, -0.25) is 0 Å². The summed E-state index contributed by atoms with van der Waals surface area (Å²) in [4.78, 5) is 0. The van der Waals surface area contributed by atoms with Crippen molar-refractivity contribution in [1.82, 2.24) is 0 Å². The first-order valence-corrected chi connectivity index (χ1v) is 16.5. The van der Waals surface area contributed by atoms with Gasteiger partial charge in [-0.05, 0) is 0 Å². The largest absolute Gasteiger partial charge is 0.496 e. The van der Waals surface area contributed by atoms with Gasteiger partial charge in [0.05, 0.1) is 85.3 Å². The summed E-state index contributed by atoms with van der Waals surface area (Å²) >= 11 is 0. The molecule has 0 atom stereocenters. The molecule has 280 valence electrons. The fourth-order valence-corrected chi connectivity index (χ4v) is 7.29. The fraction of sp³-hybridized carbons (Fsp3) is 0.400. The number of benzene rings is 4. The molecule has 0 spiro atoms. The van der Waals surface area contributed by atoms with Crippen LogP contribution in [0.3, 0.4) is 0 Å². The first kappa shape index (κ1) is 37.7. The Kier molecular flexibility index (Phi) is 11.8. The Morgan fingerprint density at radius 2 is 0.365 bits per heavy atom. The highest BCUT2D eigenvalue weighted by Gasteiger charge is 2.32. The standard InChI is InChI=1S/C40H48O12/c1-41-29-17-30(42-2)23-14-24-33(45-5)19-34(46-6)27(39(24)51-11)16-28-36(48-8)20-35(47-7)26(40(28)52-12)15-25-32(44-4)18-31(43-3)22(38(25)50-10)13-21(29)37(23)49-9/h17-20H,13-16H2,1-12H3. The van der Waals surface area contributed by atoms with Gasteiger partial charge in [-0.15, -0.1) is 0 Å². The molecule has 0 saturated heterocycles. The third-order valence-corrected chi connectivity index (χ3v) is 9.61. The molecule has 0 aromatic heterocycles. The summed E-state index contributed by atoms with van der Waals surface area (Å²) in [6.07, 6.45) is 1.15. The summed E-state index contributed by atoms with van der Waals surface area (Å²) in [6, 6.07) is 7.42. The predicted octanol–water partition coefficient (Wildman–Crippen LogP) is 6.47. The lowest BCUT2D eigenvalue weighted by Gasteiger charge is -2.26. The Balaban J connectivity index is 2.03. The van der Waals surface area contributed by atoms with E-state index < -0.39 is 0 Å². The van der Waals surface area contributed by atoms with Crippen molar-refractivity contribution in [3.63, 3.8) is 0 Å². The van der Waals surface area contributed by atoms with Crippen LogP contribution in [-0.2, 0) is 25.7 Å². The summed E-state index contributed by atoms with van der Waals surface area (Å²) in [5.41, 5.74) is 5.96. The van der Waals surface area contributed by atoms with E-state index in [1.807, 2.05) is 24.3 Å². The number of methoxy groups -OCH3 is 12. The van der Waals surface area contributed by atoms with Gasteiger partial charge in [-0.1, -0.05) is 0 Å². The molecule has 0 radical (unpaired) electrons. The molecule has 5 rings (SSSR count). The lowest BCUT2D eigenvalue weighted by atomic mass is 9.89. The van der Waals surface area contributed by atoms with Crippen LogP contribution in [0.25, 0.3) is 0 Å². The van der Waals surface area contributed by atoms with Crippen LogP contribution < -0.4 is 56.8 Å². The molecule has 1 aliphatic carbocycles. The van der Waals surface area contributed by atoms with Gasteiger partial charge in [0.15, 0.2) is 0 Å². The van der Waals surface area contributed by atoms with Gasteiger partial charge in [-0.2, -0.15) is 0 Å². The van der Waals surface area contributed by atoms with E-state index in [0.717, 1.165) is 44.5 Å². The Morgan fingerprint density at radius 3 is 0.462 bits per heavy atom. The van der Waals surface area contributed by atoms with Crippen molar-refractivity contribution in [2.45, 2.75) is 25.7 Å². The van der Waals surface area contributed by atoms with Gasteiger partial charge < -0.3 is 56.8 Å². The van der Waals surface area contributed by atoms with Crippen molar-refractivity contribution in [2.24, 2.45) is 0 Å². The van der Waals surface area contributed by atoms with E-state index in [1.165, 1.54) is 0 Å². The molecule has 4 aromatic rings. The molecule has 1 aliphatic rings. The smallest absolute Gasteiger partial charge is 0.133 e. The lowest BCUT2D eigenvalue weighted by molar-refractivity contribution is 0.351. The van der Waals surface area contributed by atoms with Gasteiger partial charge >= 0.3 is 0 Å². The molecule has 0 fully saturated rings. The fourth-order valence-electron chi connectivity index (χ4n) is 7.29. The van der Waals surface area contributed by atoms with Crippen LogP contribution >= 0.6 is 0 Å². The van der Waals surface area contributed by atoms with Crippen LogP contribution in [0.5, 0.6) is 69.0 Å². The molecule has 0 unspecified atom stereocenters. The SMILES string of the molecule is COc1cc(OC)c2c(OC)c1Cc1c(OC)cc(OC)c(c1OC)Cc1c(OC)cc(OC)c(c1OC)Cc1c(OC)cc(OC)c(c1OC)C2. The minimum absolute atomic E-state index is 0.289. The Morgan fingerprint density at radius 1 is 0.231 bits per heavy atom. The molecule has 52 heavy (non-hydrogen) atoms. The molecule has 0 heterocycles. The number of ether oxygens (including phenoxy) is 12. The summed E-state index contributed by atoms with van der Waals surface area (Å²) in [7, 11) is 19.4. The van der Waals surface area contributed by atoms with Crippen LogP contribution in [0.15, 0.2) is 24.3 Å². The van der Waals surface area contributed by atoms with Crippen molar-refractivity contribution in [2.75, 3.05) is 85.3 Å². The van der Waals surface area contributed by atoms with Gasteiger partial charge in [0, 0.05) is 94.5 Å². The summed E-state index contributed by atoms with van der Waals surface area (Å²) in [5.74, 6) is 6.65. The molecule has 0 amide bonds. The van der Waals surface area contributed by atoms with E-state index in [2.05, 4.69) is 0 Å². The van der Waals surface area contributed by atoms with Gasteiger partial charge in [0.25, 0.3) is 0 Å². The van der Waals surface area contributed by atoms with Gasteiger partial charge in [0.2, 0.25) is 0 Å². The molecule has 0 saturated carbocycles. The van der Waals surface area contributed by atoms with Crippen LogP contribution in [0.2, 0.25) is 0 Å². The first-order valence-electron chi connectivity index (χ1n) is 16.5. The quantitative estimate of drug-likeness (QED) is 0.141. The predicted molar refractivity (Wildman–Crippen MR) is 196 cm³/mol. The average Bonchev–Trinajstić information content (AvgIpc) is 3.17. The van der Waals surface area contributed by atoms with Gasteiger partial charge in [-0.25, -0.2) is 0 Å². The van der Waals surface area contributed by atoms with Gasteiger partial charge in [0.1, 0.15) is 69.0 Å². The molecule has 4 aromatic carbocycles. The van der Waals surface area contributed by atoms with E-state index in [9.17, 15) is 0 Å². The van der Waals surface area contributed by atoms with Crippen LogP contribution in [-0.4, -0.2) is 85.3 Å². The van der Waals surface area contributed by atoms with Crippen molar-refractivity contribution >= 4 is 0 Å². The summed E-state index contributed by atoms with van der Waals surface area (Å²) < 4.78 is 72.8. The van der Waals surface area contributed by atoms with Crippen LogP contribution in [0, 0.1) is 0 Å². The van der Waals surface area contributed by atoms with E-state index in [0.29, 0.717) is 69.0 Å². The van der Waals surface area contributed by atoms with E-state index in [-0.39, 0.29) is 25.7 Å². The summed E-state index contributed by atoms with van der Waals surface area (Å²) in [5, 5.41) is 0. The van der Waals surface area contributed by atoms with Crippen molar-refractivity contribution in [3.8, 4) is 69.0 Å². The third-order valence-electron chi connectivity index (χ3n) is 9.61. The topological polar surface area (TPSA) is 111 Å². The number of hydrogen-bond acceptors (Lipinski definition) is 12. The Hall–Kier alpha value is -5.52. The van der Waals surface area contributed by atoms with Crippen LogP contribution in [0.4, 0.5) is 0 Å². The highest BCUT2D eigenvalue weighted by atomic mass is 16.5. The zero-order chi connectivity index (χ0) is 37.7. The zero-order valence-electron chi connectivity index (χ0n) is 32.0. The highest BCUT2D eigenvalue weighted by molar-refractivity contribution is 5.69. The number of fused-ring (bicyclic) bond motifs is 8. The van der Waals surface area contributed by atoms with E-state index in [1.54, 1.807) is 85.3 Å². The number of rotatable bonds is 12. The van der Waals surface area contributed by atoms with Crippen molar-refractivity contribution in [3.05, 3.63) is 68.8 Å². The molecule has 12 nitrogen and oxygen atoms in total. The zero-order valence-corrected chi connectivity index (χ0v) is 32.0. The molecular weight excluding hydrogens is 672 g/mol. The van der Waals surface area contributed by atoms with Crippen molar-refractivity contribution in [1.29, 1.82) is 0 Å².